The zero-order chi connectivity index (χ0) is 22.9. The normalized spacial score (nSPS) is 11.5. The Kier molecular flexibility index (Phi) is 5.06. The minimum atomic E-state index is -0.366. The summed E-state index contributed by atoms with van der Waals surface area (Å²) >= 11 is 0. The molecular weight excluding hydrogens is 412 g/mol. The van der Waals surface area contributed by atoms with Crippen LogP contribution in [-0.2, 0) is 0 Å². The van der Waals surface area contributed by atoms with Crippen LogP contribution >= 0.6 is 0 Å². The molecule has 2 heterocycles. The van der Waals surface area contributed by atoms with Crippen LogP contribution in [0.2, 0.25) is 0 Å². The third-order valence-electron chi connectivity index (χ3n) is 5.41. The molecule has 7 nitrogen and oxygen atoms in total. The number of nitrogens with one attached hydrogen (secondary N) is 1. The number of anilines is 2. The second kappa shape index (κ2) is 8.20. The summed E-state index contributed by atoms with van der Waals surface area (Å²) in [7, 11) is 0. The number of amides is 1. The number of para-hydroxylation sites is 2. The standard InChI is InChI=1S/C26H22N6O/c1-16-7-11-18(12-8-16)15-28-32-24(27)22(26(33)29-19-13-9-17(2)10-14-19)23-25(32)31-21-6-4-3-5-20(21)30-23/h3-15H,27H2,1-2H3,(H,29,33). The number of aromatic nitrogens is 3. The maximum atomic E-state index is 13.3. The second-order valence-electron chi connectivity index (χ2n) is 7.93. The van der Waals surface area contributed by atoms with Gasteiger partial charge in [0.05, 0.1) is 17.2 Å². The van der Waals surface area contributed by atoms with E-state index < -0.39 is 0 Å². The molecule has 0 aliphatic rings. The zero-order valence-corrected chi connectivity index (χ0v) is 18.3. The molecule has 7 heteroatoms. The van der Waals surface area contributed by atoms with Crippen molar-refractivity contribution in [2.45, 2.75) is 13.8 Å². The van der Waals surface area contributed by atoms with Crippen LogP contribution in [0.1, 0.15) is 27.0 Å². The van der Waals surface area contributed by atoms with Gasteiger partial charge in [-0.1, -0.05) is 59.7 Å². The molecular formula is C26H22N6O. The highest BCUT2D eigenvalue weighted by Crippen LogP contribution is 2.28. The van der Waals surface area contributed by atoms with E-state index in [9.17, 15) is 4.79 Å². The van der Waals surface area contributed by atoms with E-state index >= 15 is 0 Å². The first kappa shape index (κ1) is 20.4. The highest BCUT2D eigenvalue weighted by Gasteiger charge is 2.24. The van der Waals surface area contributed by atoms with Crippen LogP contribution in [0, 0.1) is 13.8 Å². The Morgan fingerprint density at radius 3 is 2.18 bits per heavy atom. The number of carbonyl (C=O) groups is 1. The average Bonchev–Trinajstić information content (AvgIpc) is 3.09. The molecule has 0 aliphatic carbocycles. The molecule has 1 amide bonds. The Hall–Kier alpha value is -4.52. The van der Waals surface area contributed by atoms with Crippen LogP contribution in [0.25, 0.3) is 22.2 Å². The molecule has 0 saturated heterocycles. The Bertz CT molecular complexity index is 1520. The highest BCUT2D eigenvalue weighted by atomic mass is 16.1. The lowest BCUT2D eigenvalue weighted by molar-refractivity contribution is 0.102. The van der Waals surface area contributed by atoms with Gasteiger partial charge in [0.15, 0.2) is 5.65 Å². The summed E-state index contributed by atoms with van der Waals surface area (Å²) in [6.07, 6.45) is 1.69. The van der Waals surface area contributed by atoms with Crippen molar-refractivity contribution in [1.82, 2.24) is 14.6 Å². The van der Waals surface area contributed by atoms with E-state index in [1.807, 2.05) is 86.6 Å². The first-order valence-electron chi connectivity index (χ1n) is 10.6. The largest absolute Gasteiger partial charge is 0.383 e. The van der Waals surface area contributed by atoms with E-state index in [0.29, 0.717) is 27.9 Å². The van der Waals surface area contributed by atoms with Crippen molar-refractivity contribution >= 4 is 45.8 Å². The summed E-state index contributed by atoms with van der Waals surface area (Å²) in [5.41, 5.74) is 12.7. The summed E-state index contributed by atoms with van der Waals surface area (Å²) in [6.45, 7) is 4.02. The number of nitrogen functional groups attached to an aromatic ring is 1. The van der Waals surface area contributed by atoms with E-state index in [-0.39, 0.29) is 17.3 Å². The highest BCUT2D eigenvalue weighted by molar-refractivity contribution is 6.16. The van der Waals surface area contributed by atoms with Crippen LogP contribution in [0.4, 0.5) is 11.5 Å². The molecule has 0 aliphatic heterocycles. The van der Waals surface area contributed by atoms with Crippen LogP contribution in [0.3, 0.4) is 0 Å². The van der Waals surface area contributed by atoms with Crippen LogP contribution in [0.15, 0.2) is 77.9 Å². The molecule has 5 rings (SSSR count). The van der Waals surface area contributed by atoms with Crippen molar-refractivity contribution in [3.8, 4) is 0 Å². The molecule has 3 aromatic carbocycles. The Balaban J connectivity index is 1.65. The number of nitrogens with two attached hydrogens (primary N) is 1. The lowest BCUT2D eigenvalue weighted by atomic mass is 10.2. The number of nitrogens with zero attached hydrogens (tertiary/aromatic N) is 4. The Morgan fingerprint density at radius 2 is 1.52 bits per heavy atom. The summed E-state index contributed by atoms with van der Waals surface area (Å²) in [5.74, 6) is -0.191. The zero-order valence-electron chi connectivity index (χ0n) is 18.3. The quantitative estimate of drug-likeness (QED) is 0.392. The number of fused-ring (bicyclic) bond motifs is 2. The molecule has 33 heavy (non-hydrogen) atoms. The number of rotatable bonds is 4. The fourth-order valence-electron chi connectivity index (χ4n) is 3.60. The van der Waals surface area contributed by atoms with Gasteiger partial charge in [-0.2, -0.15) is 9.78 Å². The maximum Gasteiger partial charge on any atom is 0.261 e. The van der Waals surface area contributed by atoms with E-state index in [2.05, 4.69) is 10.4 Å². The second-order valence-corrected chi connectivity index (χ2v) is 7.93. The minimum absolute atomic E-state index is 0.174. The molecule has 162 valence electrons. The minimum Gasteiger partial charge on any atom is -0.383 e. The topological polar surface area (TPSA) is 98.2 Å². The Morgan fingerprint density at radius 1 is 0.909 bits per heavy atom. The number of carbonyl (C=O) groups excluding carboxylic acids is 1. The van der Waals surface area contributed by atoms with Crippen molar-refractivity contribution in [2.24, 2.45) is 5.10 Å². The van der Waals surface area contributed by atoms with Gasteiger partial charge in [0.25, 0.3) is 5.91 Å². The molecule has 3 N–H and O–H groups in total. The van der Waals surface area contributed by atoms with Crippen LogP contribution in [0.5, 0.6) is 0 Å². The molecule has 0 radical (unpaired) electrons. The van der Waals surface area contributed by atoms with E-state index in [1.165, 1.54) is 4.68 Å². The first-order chi connectivity index (χ1) is 16.0. The van der Waals surface area contributed by atoms with Gasteiger partial charge in [-0.3, -0.25) is 4.79 Å². The van der Waals surface area contributed by atoms with E-state index in [0.717, 1.165) is 16.7 Å². The third-order valence-corrected chi connectivity index (χ3v) is 5.41. The van der Waals surface area contributed by atoms with Gasteiger partial charge in [-0.05, 0) is 43.7 Å². The molecule has 2 aromatic heterocycles. The third kappa shape index (κ3) is 3.92. The molecule has 0 fully saturated rings. The van der Waals surface area contributed by atoms with Gasteiger partial charge < -0.3 is 11.1 Å². The molecule has 5 aromatic rings. The number of benzene rings is 3. The van der Waals surface area contributed by atoms with Gasteiger partial charge in [0.2, 0.25) is 0 Å². The predicted molar refractivity (Wildman–Crippen MR) is 133 cm³/mol. The van der Waals surface area contributed by atoms with Crippen molar-refractivity contribution in [3.63, 3.8) is 0 Å². The lowest BCUT2D eigenvalue weighted by Crippen LogP contribution is -2.14. The smallest absolute Gasteiger partial charge is 0.261 e. The summed E-state index contributed by atoms with van der Waals surface area (Å²) in [6, 6.07) is 23.0. The molecule has 0 saturated carbocycles. The molecule has 0 spiro atoms. The summed E-state index contributed by atoms with van der Waals surface area (Å²) in [5, 5.41) is 7.45. The number of hydrogen-bond acceptors (Lipinski definition) is 5. The molecule has 0 unspecified atom stereocenters. The number of hydrogen-bond donors (Lipinski definition) is 2. The summed E-state index contributed by atoms with van der Waals surface area (Å²) < 4.78 is 1.47. The Labute approximate surface area is 190 Å². The van der Waals surface area contributed by atoms with Gasteiger partial charge in [-0.25, -0.2) is 9.97 Å². The average molecular weight is 435 g/mol. The van der Waals surface area contributed by atoms with Gasteiger partial charge in [-0.15, -0.1) is 0 Å². The van der Waals surface area contributed by atoms with Crippen LogP contribution < -0.4 is 11.1 Å². The first-order valence-corrected chi connectivity index (χ1v) is 10.6. The number of aryl methyl sites for hydroxylation is 2. The van der Waals surface area contributed by atoms with Crippen molar-refractivity contribution < 1.29 is 4.79 Å². The van der Waals surface area contributed by atoms with Crippen molar-refractivity contribution in [3.05, 3.63) is 95.1 Å². The van der Waals surface area contributed by atoms with Crippen molar-refractivity contribution in [2.75, 3.05) is 11.1 Å². The summed E-state index contributed by atoms with van der Waals surface area (Å²) in [4.78, 5) is 22.7. The molecule has 0 bridgehead atoms. The fraction of sp³-hybridized carbons (Fsp3) is 0.0769. The maximum absolute atomic E-state index is 13.3. The molecule has 0 atom stereocenters. The lowest BCUT2D eigenvalue weighted by Gasteiger charge is -2.06. The van der Waals surface area contributed by atoms with Crippen LogP contribution in [-0.4, -0.2) is 26.8 Å². The SMILES string of the molecule is Cc1ccc(C=Nn2c(N)c(C(=O)Nc3ccc(C)cc3)c3nc4ccccc4nc32)cc1. The van der Waals surface area contributed by atoms with Gasteiger partial charge in [0, 0.05) is 5.69 Å². The van der Waals surface area contributed by atoms with Gasteiger partial charge in [0.1, 0.15) is 16.9 Å². The van der Waals surface area contributed by atoms with E-state index in [1.54, 1.807) is 6.21 Å². The van der Waals surface area contributed by atoms with E-state index in [4.69, 9.17) is 15.7 Å². The monoisotopic (exact) mass is 434 g/mol. The van der Waals surface area contributed by atoms with Crippen molar-refractivity contribution in [1.29, 1.82) is 0 Å². The predicted octanol–water partition coefficient (Wildman–Crippen LogP) is 4.92. The fourth-order valence-corrected chi connectivity index (χ4v) is 3.60. The van der Waals surface area contributed by atoms with Gasteiger partial charge >= 0.3 is 0 Å².